The molecule has 4 atom stereocenters. The molecule has 4 unspecified atom stereocenters. The van der Waals surface area contributed by atoms with Gasteiger partial charge in [0.05, 0.1) is 24.2 Å². The van der Waals surface area contributed by atoms with Crippen molar-refractivity contribution in [2.24, 2.45) is 11.8 Å². The van der Waals surface area contributed by atoms with Gasteiger partial charge in [0.25, 0.3) is 0 Å². The topological polar surface area (TPSA) is 35.5 Å². The maximum absolute atomic E-state index is 11.7. The summed E-state index contributed by atoms with van der Waals surface area (Å²) in [5.74, 6) is 0.0213. The Labute approximate surface area is 85.8 Å². The Bertz CT molecular complexity index is 213. The maximum atomic E-state index is 11.7. The summed E-state index contributed by atoms with van der Waals surface area (Å²) in [5.41, 5.74) is 0. The molecule has 0 aliphatic carbocycles. The number of hydrogen-bond acceptors (Lipinski definition) is 3. The Morgan fingerprint density at radius 2 is 1.79 bits per heavy atom. The Balaban J connectivity index is 2.62. The summed E-state index contributed by atoms with van der Waals surface area (Å²) in [6, 6.07) is 0. The molecule has 1 heterocycles. The molecule has 3 nitrogen and oxygen atoms in total. The Kier molecular flexibility index (Phi) is 3.53. The van der Waals surface area contributed by atoms with E-state index < -0.39 is 0 Å². The third kappa shape index (κ3) is 2.27. The fourth-order valence-electron chi connectivity index (χ4n) is 1.98. The molecule has 3 heteroatoms. The molecule has 1 saturated heterocycles. The first-order valence-electron chi connectivity index (χ1n) is 5.29. The largest absolute Gasteiger partial charge is 0.463 e. The first kappa shape index (κ1) is 11.5. The molecular weight excluding hydrogens is 180 g/mol. The first-order chi connectivity index (χ1) is 6.43. The van der Waals surface area contributed by atoms with Crippen LogP contribution < -0.4 is 0 Å². The molecule has 82 valence electrons. The van der Waals surface area contributed by atoms with Gasteiger partial charge in [-0.3, -0.25) is 4.79 Å². The molecule has 0 spiro atoms. The van der Waals surface area contributed by atoms with Gasteiger partial charge in [-0.15, -0.1) is 0 Å². The van der Waals surface area contributed by atoms with Crippen LogP contribution in [0.15, 0.2) is 0 Å². The zero-order valence-corrected chi connectivity index (χ0v) is 9.61. The van der Waals surface area contributed by atoms with Crippen LogP contribution >= 0.6 is 0 Å². The summed E-state index contributed by atoms with van der Waals surface area (Å²) >= 11 is 0. The second kappa shape index (κ2) is 4.30. The molecule has 1 aliphatic rings. The lowest BCUT2D eigenvalue weighted by Gasteiger charge is -2.18. The van der Waals surface area contributed by atoms with Crippen LogP contribution in [0.5, 0.6) is 0 Å². The predicted molar refractivity (Wildman–Crippen MR) is 53.9 cm³/mol. The van der Waals surface area contributed by atoms with Crippen LogP contribution in [0.25, 0.3) is 0 Å². The lowest BCUT2D eigenvalue weighted by Crippen LogP contribution is -2.30. The van der Waals surface area contributed by atoms with Gasteiger partial charge in [0.1, 0.15) is 0 Å². The molecule has 0 aromatic heterocycles. The lowest BCUT2D eigenvalue weighted by molar-refractivity contribution is -0.154. The van der Waals surface area contributed by atoms with Gasteiger partial charge in [0.2, 0.25) is 0 Å². The molecular formula is C11H20O3. The van der Waals surface area contributed by atoms with Gasteiger partial charge < -0.3 is 9.47 Å². The van der Waals surface area contributed by atoms with Crippen LogP contribution in [0.3, 0.4) is 0 Å². The molecule has 0 saturated carbocycles. The second-order valence-electron chi connectivity index (χ2n) is 4.42. The van der Waals surface area contributed by atoms with E-state index in [0.29, 0.717) is 0 Å². The van der Waals surface area contributed by atoms with E-state index in [0.717, 1.165) is 0 Å². The number of rotatable bonds is 2. The van der Waals surface area contributed by atoms with Gasteiger partial charge >= 0.3 is 5.97 Å². The smallest absolute Gasteiger partial charge is 0.312 e. The van der Waals surface area contributed by atoms with E-state index >= 15 is 0 Å². The summed E-state index contributed by atoms with van der Waals surface area (Å²) in [4.78, 5) is 11.7. The van der Waals surface area contributed by atoms with Crippen LogP contribution in [0.1, 0.15) is 34.6 Å². The van der Waals surface area contributed by atoms with Crippen LogP contribution in [0.4, 0.5) is 0 Å². The third-order valence-electron chi connectivity index (χ3n) is 2.87. The van der Waals surface area contributed by atoms with Crippen LogP contribution in [-0.2, 0) is 14.3 Å². The van der Waals surface area contributed by atoms with Crippen LogP contribution in [0.2, 0.25) is 0 Å². The standard InChI is InChI=1S/C11H20O3/c1-6(2)13-11(12)10-7(3)8(4)14-9(10)5/h6-10H,1-5H3. The normalized spacial score (nSPS) is 37.6. The van der Waals surface area contributed by atoms with Crippen LogP contribution in [-0.4, -0.2) is 24.3 Å². The molecule has 0 amide bonds. The number of carbonyl (C=O) groups is 1. The second-order valence-corrected chi connectivity index (χ2v) is 4.42. The third-order valence-corrected chi connectivity index (χ3v) is 2.87. The fourth-order valence-corrected chi connectivity index (χ4v) is 1.98. The SMILES string of the molecule is CC(C)OC(=O)C1C(C)OC(C)C1C. The zero-order valence-electron chi connectivity index (χ0n) is 9.61. The van der Waals surface area contributed by atoms with E-state index in [1.807, 2.05) is 34.6 Å². The number of hydrogen-bond donors (Lipinski definition) is 0. The van der Waals surface area contributed by atoms with Crippen molar-refractivity contribution in [3.63, 3.8) is 0 Å². The molecule has 1 aliphatic heterocycles. The predicted octanol–water partition coefficient (Wildman–Crippen LogP) is 2.00. The molecule has 0 N–H and O–H groups in total. The van der Waals surface area contributed by atoms with E-state index in [9.17, 15) is 4.79 Å². The average Bonchev–Trinajstić information content (AvgIpc) is 2.25. The summed E-state index contributed by atoms with van der Waals surface area (Å²) in [6.07, 6.45) is 0.0822. The number of esters is 1. The Morgan fingerprint density at radius 1 is 1.21 bits per heavy atom. The van der Waals surface area contributed by atoms with Crippen molar-refractivity contribution in [2.75, 3.05) is 0 Å². The minimum atomic E-state index is -0.121. The zero-order chi connectivity index (χ0) is 10.9. The minimum absolute atomic E-state index is 0.0220. The highest BCUT2D eigenvalue weighted by Crippen LogP contribution is 2.33. The van der Waals surface area contributed by atoms with Gasteiger partial charge in [-0.05, 0) is 33.6 Å². The highest BCUT2D eigenvalue weighted by Gasteiger charge is 2.42. The van der Waals surface area contributed by atoms with Gasteiger partial charge in [0, 0.05) is 0 Å². The molecule has 1 fully saturated rings. The van der Waals surface area contributed by atoms with E-state index in [-0.39, 0.29) is 36.1 Å². The molecule has 14 heavy (non-hydrogen) atoms. The Hall–Kier alpha value is -0.570. The highest BCUT2D eigenvalue weighted by atomic mass is 16.6. The minimum Gasteiger partial charge on any atom is -0.463 e. The highest BCUT2D eigenvalue weighted by molar-refractivity contribution is 5.74. The van der Waals surface area contributed by atoms with Gasteiger partial charge in [0.15, 0.2) is 0 Å². The van der Waals surface area contributed by atoms with E-state index in [2.05, 4.69) is 0 Å². The number of carbonyl (C=O) groups excluding carboxylic acids is 1. The first-order valence-corrected chi connectivity index (χ1v) is 5.29. The molecule has 0 bridgehead atoms. The van der Waals surface area contributed by atoms with E-state index in [1.54, 1.807) is 0 Å². The van der Waals surface area contributed by atoms with Crippen molar-refractivity contribution in [1.82, 2.24) is 0 Å². The fraction of sp³-hybridized carbons (Fsp3) is 0.909. The summed E-state index contributed by atoms with van der Waals surface area (Å²) in [7, 11) is 0. The van der Waals surface area contributed by atoms with Gasteiger partial charge in [-0.1, -0.05) is 6.92 Å². The molecule has 0 aromatic rings. The lowest BCUT2D eigenvalue weighted by atomic mass is 9.90. The maximum Gasteiger partial charge on any atom is 0.312 e. The molecule has 0 radical (unpaired) electrons. The van der Waals surface area contributed by atoms with E-state index in [1.165, 1.54) is 0 Å². The number of ether oxygens (including phenoxy) is 2. The molecule has 1 rings (SSSR count). The average molecular weight is 200 g/mol. The van der Waals surface area contributed by atoms with Crippen LogP contribution in [0, 0.1) is 11.8 Å². The summed E-state index contributed by atoms with van der Waals surface area (Å²) < 4.78 is 10.8. The summed E-state index contributed by atoms with van der Waals surface area (Å²) in [6.45, 7) is 9.72. The quantitative estimate of drug-likeness (QED) is 0.639. The van der Waals surface area contributed by atoms with Crippen molar-refractivity contribution in [1.29, 1.82) is 0 Å². The molecule has 0 aromatic carbocycles. The van der Waals surface area contributed by atoms with Gasteiger partial charge in [-0.2, -0.15) is 0 Å². The van der Waals surface area contributed by atoms with Gasteiger partial charge in [-0.25, -0.2) is 0 Å². The van der Waals surface area contributed by atoms with Crippen molar-refractivity contribution in [3.8, 4) is 0 Å². The van der Waals surface area contributed by atoms with Crippen molar-refractivity contribution >= 4 is 5.97 Å². The van der Waals surface area contributed by atoms with E-state index in [4.69, 9.17) is 9.47 Å². The summed E-state index contributed by atoms with van der Waals surface area (Å²) in [5, 5.41) is 0. The van der Waals surface area contributed by atoms with Crippen molar-refractivity contribution < 1.29 is 14.3 Å². The Morgan fingerprint density at radius 3 is 2.14 bits per heavy atom. The van der Waals surface area contributed by atoms with Crippen molar-refractivity contribution in [3.05, 3.63) is 0 Å². The monoisotopic (exact) mass is 200 g/mol. The van der Waals surface area contributed by atoms with Crippen molar-refractivity contribution in [2.45, 2.75) is 52.9 Å².